The number of nitrogens with one attached hydrogen (secondary N) is 1. The second-order valence-electron chi connectivity index (χ2n) is 4.88. The van der Waals surface area contributed by atoms with E-state index in [-0.39, 0.29) is 12.5 Å². The second kappa shape index (κ2) is 4.91. The highest BCUT2D eigenvalue weighted by Crippen LogP contribution is 2.33. The van der Waals surface area contributed by atoms with Gasteiger partial charge in [0.25, 0.3) is 0 Å². The van der Waals surface area contributed by atoms with Crippen LogP contribution in [0.5, 0.6) is 5.75 Å². The highest BCUT2D eigenvalue weighted by molar-refractivity contribution is 5.91. The van der Waals surface area contributed by atoms with Gasteiger partial charge < -0.3 is 15.2 Å². The maximum absolute atomic E-state index is 12.2. The predicted molar refractivity (Wildman–Crippen MR) is 69.2 cm³/mol. The molecule has 0 aliphatic carbocycles. The number of ether oxygens (including phenoxy) is 1. The number of hydrogen-bond donors (Lipinski definition) is 2. The molecule has 0 saturated carbocycles. The maximum atomic E-state index is 12.2. The normalized spacial score (nSPS) is 20.0. The highest BCUT2D eigenvalue weighted by Gasteiger charge is 2.37. The van der Waals surface area contributed by atoms with Crippen LogP contribution < -0.4 is 10.1 Å². The van der Waals surface area contributed by atoms with Crippen molar-refractivity contribution in [1.82, 2.24) is 5.32 Å². The molecule has 1 aliphatic rings. The summed E-state index contributed by atoms with van der Waals surface area (Å²) in [5.74, 6) is -1.09. The average Bonchev–Trinajstić information content (AvgIpc) is 2.82. The van der Waals surface area contributed by atoms with Crippen molar-refractivity contribution >= 4 is 11.9 Å². The van der Waals surface area contributed by atoms with Crippen molar-refractivity contribution in [2.45, 2.75) is 31.7 Å². The number of amides is 1. The standard InChI is InChI=1S/C14H17NO4/c1-3-14(2,13(17)18)15-12(16)10-8-19-11-7-5-4-6-9(10)11/h4-7,10H,3,8H2,1-2H3,(H,15,16)(H,17,18). The minimum Gasteiger partial charge on any atom is -0.492 e. The zero-order valence-corrected chi connectivity index (χ0v) is 11.0. The first-order valence-corrected chi connectivity index (χ1v) is 6.25. The number of rotatable bonds is 4. The molecule has 2 unspecified atom stereocenters. The molecule has 0 spiro atoms. The molecule has 5 nitrogen and oxygen atoms in total. The number of carbonyl (C=O) groups excluding carboxylic acids is 1. The Hall–Kier alpha value is -2.04. The summed E-state index contributed by atoms with van der Waals surface area (Å²) < 4.78 is 5.43. The summed E-state index contributed by atoms with van der Waals surface area (Å²) >= 11 is 0. The first-order chi connectivity index (χ1) is 8.98. The van der Waals surface area contributed by atoms with Crippen molar-refractivity contribution in [1.29, 1.82) is 0 Å². The SMILES string of the molecule is CCC(C)(NC(=O)C1COc2ccccc21)C(=O)O. The first kappa shape index (κ1) is 13.4. The van der Waals surface area contributed by atoms with E-state index in [1.54, 1.807) is 13.0 Å². The van der Waals surface area contributed by atoms with E-state index < -0.39 is 17.4 Å². The van der Waals surface area contributed by atoms with Crippen LogP contribution in [0.15, 0.2) is 24.3 Å². The van der Waals surface area contributed by atoms with Crippen LogP contribution in [-0.4, -0.2) is 29.1 Å². The Morgan fingerprint density at radius 3 is 2.79 bits per heavy atom. The third-order valence-electron chi connectivity index (χ3n) is 3.59. The highest BCUT2D eigenvalue weighted by atomic mass is 16.5. The summed E-state index contributed by atoms with van der Waals surface area (Å²) in [7, 11) is 0. The molecule has 19 heavy (non-hydrogen) atoms. The average molecular weight is 263 g/mol. The minimum absolute atomic E-state index is 0.255. The molecule has 0 fully saturated rings. The largest absolute Gasteiger partial charge is 0.492 e. The molecular weight excluding hydrogens is 246 g/mol. The smallest absolute Gasteiger partial charge is 0.329 e. The quantitative estimate of drug-likeness (QED) is 0.863. The topological polar surface area (TPSA) is 75.6 Å². The van der Waals surface area contributed by atoms with Crippen LogP contribution in [0.1, 0.15) is 31.7 Å². The van der Waals surface area contributed by atoms with Crippen LogP contribution in [0.4, 0.5) is 0 Å². The van der Waals surface area contributed by atoms with Gasteiger partial charge in [-0.25, -0.2) is 4.79 Å². The molecule has 102 valence electrons. The Morgan fingerprint density at radius 2 is 2.16 bits per heavy atom. The van der Waals surface area contributed by atoms with Crippen LogP contribution in [-0.2, 0) is 9.59 Å². The van der Waals surface area contributed by atoms with Gasteiger partial charge in [0.2, 0.25) is 5.91 Å². The third-order valence-corrected chi connectivity index (χ3v) is 3.59. The lowest BCUT2D eigenvalue weighted by molar-refractivity contribution is -0.147. The van der Waals surface area contributed by atoms with E-state index in [1.807, 2.05) is 18.2 Å². The Bertz CT molecular complexity index is 514. The van der Waals surface area contributed by atoms with E-state index in [9.17, 15) is 14.7 Å². The van der Waals surface area contributed by atoms with Gasteiger partial charge in [0.1, 0.15) is 23.8 Å². The lowest BCUT2D eigenvalue weighted by Gasteiger charge is -2.26. The summed E-state index contributed by atoms with van der Waals surface area (Å²) in [4.78, 5) is 23.4. The third kappa shape index (κ3) is 2.41. The number of benzene rings is 1. The molecule has 0 bridgehead atoms. The number of fused-ring (bicyclic) bond motifs is 1. The van der Waals surface area contributed by atoms with Crippen LogP contribution in [0.25, 0.3) is 0 Å². The Morgan fingerprint density at radius 1 is 1.47 bits per heavy atom. The van der Waals surface area contributed by atoms with Crippen molar-refractivity contribution in [3.8, 4) is 5.75 Å². The summed E-state index contributed by atoms with van der Waals surface area (Å²) in [6.07, 6.45) is 0.323. The molecule has 1 aliphatic heterocycles. The molecule has 1 aromatic carbocycles. The van der Waals surface area contributed by atoms with E-state index >= 15 is 0 Å². The number of hydrogen-bond acceptors (Lipinski definition) is 3. The Kier molecular flexibility index (Phi) is 3.46. The van der Waals surface area contributed by atoms with Gasteiger partial charge in [-0.15, -0.1) is 0 Å². The van der Waals surface area contributed by atoms with Gasteiger partial charge >= 0.3 is 5.97 Å². The van der Waals surface area contributed by atoms with Crippen molar-refractivity contribution in [2.24, 2.45) is 0 Å². The van der Waals surface area contributed by atoms with E-state index in [4.69, 9.17) is 4.74 Å². The van der Waals surface area contributed by atoms with Gasteiger partial charge in [0, 0.05) is 5.56 Å². The number of para-hydroxylation sites is 1. The fourth-order valence-electron chi connectivity index (χ4n) is 2.03. The molecule has 5 heteroatoms. The number of carboxylic acid groups (broad SMARTS) is 1. The predicted octanol–water partition coefficient (Wildman–Crippen LogP) is 1.53. The molecule has 0 aromatic heterocycles. The molecule has 2 rings (SSSR count). The zero-order valence-electron chi connectivity index (χ0n) is 11.0. The Labute approximate surface area is 111 Å². The fourth-order valence-corrected chi connectivity index (χ4v) is 2.03. The lowest BCUT2D eigenvalue weighted by Crippen LogP contribution is -2.53. The minimum atomic E-state index is -1.24. The second-order valence-corrected chi connectivity index (χ2v) is 4.88. The summed E-state index contributed by atoms with van der Waals surface area (Å²) in [6.45, 7) is 3.49. The van der Waals surface area contributed by atoms with Crippen molar-refractivity contribution < 1.29 is 19.4 Å². The molecule has 1 amide bonds. The Balaban J connectivity index is 2.17. The van der Waals surface area contributed by atoms with Gasteiger partial charge in [-0.1, -0.05) is 25.1 Å². The van der Waals surface area contributed by atoms with Gasteiger partial charge in [0.15, 0.2) is 0 Å². The van der Waals surface area contributed by atoms with Crippen LogP contribution in [0, 0.1) is 0 Å². The molecule has 1 aromatic rings. The number of carboxylic acids is 1. The number of carbonyl (C=O) groups is 2. The molecule has 2 atom stereocenters. The van der Waals surface area contributed by atoms with Gasteiger partial charge in [-0.3, -0.25) is 4.79 Å². The molecular formula is C14H17NO4. The monoisotopic (exact) mass is 263 g/mol. The first-order valence-electron chi connectivity index (χ1n) is 6.25. The fraction of sp³-hybridized carbons (Fsp3) is 0.429. The van der Waals surface area contributed by atoms with Gasteiger partial charge in [-0.05, 0) is 19.4 Å². The summed E-state index contributed by atoms with van der Waals surface area (Å²) in [6, 6.07) is 7.31. The van der Waals surface area contributed by atoms with E-state index in [0.717, 1.165) is 5.56 Å². The lowest BCUT2D eigenvalue weighted by atomic mass is 9.95. The molecule has 0 radical (unpaired) electrons. The molecule has 2 N–H and O–H groups in total. The number of aliphatic carboxylic acids is 1. The van der Waals surface area contributed by atoms with Crippen molar-refractivity contribution in [2.75, 3.05) is 6.61 Å². The van der Waals surface area contributed by atoms with Gasteiger partial charge in [0.05, 0.1) is 0 Å². The van der Waals surface area contributed by atoms with Crippen LogP contribution >= 0.6 is 0 Å². The van der Waals surface area contributed by atoms with Crippen LogP contribution in [0.3, 0.4) is 0 Å². The van der Waals surface area contributed by atoms with E-state index in [2.05, 4.69) is 5.32 Å². The molecule has 0 saturated heterocycles. The van der Waals surface area contributed by atoms with Crippen molar-refractivity contribution in [3.63, 3.8) is 0 Å². The summed E-state index contributed by atoms with van der Waals surface area (Å²) in [5, 5.41) is 11.8. The van der Waals surface area contributed by atoms with E-state index in [0.29, 0.717) is 12.2 Å². The molecule has 1 heterocycles. The maximum Gasteiger partial charge on any atom is 0.329 e. The van der Waals surface area contributed by atoms with E-state index in [1.165, 1.54) is 6.92 Å². The van der Waals surface area contributed by atoms with Crippen LogP contribution in [0.2, 0.25) is 0 Å². The van der Waals surface area contributed by atoms with Gasteiger partial charge in [-0.2, -0.15) is 0 Å². The zero-order chi connectivity index (χ0) is 14.0. The van der Waals surface area contributed by atoms with Crippen molar-refractivity contribution in [3.05, 3.63) is 29.8 Å². The summed E-state index contributed by atoms with van der Waals surface area (Å²) in [5.41, 5.74) is -0.432.